The van der Waals surface area contributed by atoms with E-state index in [2.05, 4.69) is 34.2 Å². The van der Waals surface area contributed by atoms with Crippen LogP contribution >= 0.6 is 27.5 Å². The normalized spacial score (nSPS) is 12.6. The van der Waals surface area contributed by atoms with Gasteiger partial charge in [0.25, 0.3) is 0 Å². The van der Waals surface area contributed by atoms with Gasteiger partial charge in [-0.25, -0.2) is 0 Å². The van der Waals surface area contributed by atoms with Gasteiger partial charge in [-0.3, -0.25) is 0 Å². The first kappa shape index (κ1) is 17.0. The zero-order valence-corrected chi connectivity index (χ0v) is 14.1. The van der Waals surface area contributed by atoms with Crippen molar-refractivity contribution in [3.05, 3.63) is 33.3 Å². The lowest BCUT2D eigenvalue weighted by molar-refractivity contribution is 0.136. The highest BCUT2D eigenvalue weighted by Crippen LogP contribution is 2.23. The van der Waals surface area contributed by atoms with Crippen molar-refractivity contribution in [2.45, 2.75) is 39.2 Å². The zero-order valence-electron chi connectivity index (χ0n) is 11.7. The fourth-order valence-electron chi connectivity index (χ4n) is 1.95. The van der Waals surface area contributed by atoms with Crippen molar-refractivity contribution in [2.75, 3.05) is 19.8 Å². The number of hydrogen-bond donors (Lipinski definition) is 1. The molecule has 1 unspecified atom stereocenters. The maximum atomic E-state index is 6.28. The number of nitrogens with one attached hydrogen (secondary N) is 1. The highest BCUT2D eigenvalue weighted by molar-refractivity contribution is 9.10. The highest BCUT2D eigenvalue weighted by atomic mass is 79.9. The monoisotopic (exact) mass is 347 g/mol. The molecule has 0 aromatic heterocycles. The molecule has 0 radical (unpaired) electrons. The van der Waals surface area contributed by atoms with Crippen LogP contribution in [0, 0.1) is 0 Å². The van der Waals surface area contributed by atoms with E-state index >= 15 is 0 Å². The van der Waals surface area contributed by atoms with Crippen molar-refractivity contribution in [3.8, 4) is 0 Å². The minimum atomic E-state index is 0.421. The summed E-state index contributed by atoms with van der Waals surface area (Å²) in [5, 5.41) is 4.40. The molecule has 0 amide bonds. The molecule has 0 aliphatic heterocycles. The molecule has 19 heavy (non-hydrogen) atoms. The molecule has 1 rings (SSSR count). The first-order valence-corrected chi connectivity index (χ1v) is 8.09. The molecule has 0 spiro atoms. The summed E-state index contributed by atoms with van der Waals surface area (Å²) in [6.07, 6.45) is 3.10. The summed E-state index contributed by atoms with van der Waals surface area (Å²) in [6.45, 7) is 6.82. The van der Waals surface area contributed by atoms with Crippen molar-refractivity contribution in [1.82, 2.24) is 5.32 Å². The molecule has 0 aliphatic rings. The SMILES string of the molecule is CCCNC(CCOCC)Cc1ccc(Br)cc1Cl. The average Bonchev–Trinajstić information content (AvgIpc) is 2.39. The Morgan fingerprint density at radius 1 is 1.37 bits per heavy atom. The van der Waals surface area contributed by atoms with E-state index in [0.29, 0.717) is 6.04 Å². The van der Waals surface area contributed by atoms with E-state index in [9.17, 15) is 0 Å². The topological polar surface area (TPSA) is 21.3 Å². The minimum absolute atomic E-state index is 0.421. The zero-order chi connectivity index (χ0) is 14.1. The van der Waals surface area contributed by atoms with Gasteiger partial charge in [0.1, 0.15) is 0 Å². The third-order valence-electron chi connectivity index (χ3n) is 2.98. The van der Waals surface area contributed by atoms with Crippen LogP contribution < -0.4 is 5.32 Å². The maximum Gasteiger partial charge on any atom is 0.0480 e. The molecule has 0 heterocycles. The molecule has 2 nitrogen and oxygen atoms in total. The molecule has 0 aliphatic carbocycles. The lowest BCUT2D eigenvalue weighted by Crippen LogP contribution is -2.33. The standard InChI is InChI=1S/C15H23BrClNO/c1-3-8-18-14(7-9-19-4-2)10-12-5-6-13(16)11-15(12)17/h5-6,11,14,18H,3-4,7-10H2,1-2H3. The number of hydrogen-bond acceptors (Lipinski definition) is 2. The van der Waals surface area contributed by atoms with Crippen LogP contribution in [0.25, 0.3) is 0 Å². The Labute approximate surface area is 130 Å². The maximum absolute atomic E-state index is 6.28. The first-order valence-electron chi connectivity index (χ1n) is 6.92. The summed E-state index contributed by atoms with van der Waals surface area (Å²) < 4.78 is 6.47. The predicted molar refractivity (Wildman–Crippen MR) is 86.0 cm³/mol. The summed E-state index contributed by atoms with van der Waals surface area (Å²) in [7, 11) is 0. The van der Waals surface area contributed by atoms with Crippen molar-refractivity contribution >= 4 is 27.5 Å². The summed E-state index contributed by atoms with van der Waals surface area (Å²) in [6, 6.07) is 6.51. The van der Waals surface area contributed by atoms with E-state index in [0.717, 1.165) is 48.5 Å². The van der Waals surface area contributed by atoms with E-state index in [-0.39, 0.29) is 0 Å². The lowest BCUT2D eigenvalue weighted by Gasteiger charge is -2.19. The number of benzene rings is 1. The molecule has 0 saturated heterocycles. The van der Waals surface area contributed by atoms with Crippen molar-refractivity contribution in [2.24, 2.45) is 0 Å². The van der Waals surface area contributed by atoms with Gasteiger partial charge in [-0.05, 0) is 50.4 Å². The Balaban J connectivity index is 2.58. The van der Waals surface area contributed by atoms with Crippen LogP contribution in [-0.2, 0) is 11.2 Å². The van der Waals surface area contributed by atoms with Crippen molar-refractivity contribution in [1.29, 1.82) is 0 Å². The van der Waals surface area contributed by atoms with Gasteiger partial charge >= 0.3 is 0 Å². The molecular formula is C15H23BrClNO. The van der Waals surface area contributed by atoms with Crippen LogP contribution in [0.1, 0.15) is 32.3 Å². The molecule has 1 aromatic rings. The molecular weight excluding hydrogens is 326 g/mol. The van der Waals surface area contributed by atoms with Crippen molar-refractivity contribution < 1.29 is 4.74 Å². The fourth-order valence-corrected chi connectivity index (χ4v) is 2.70. The quantitative estimate of drug-likeness (QED) is 0.666. The number of halogens is 2. The van der Waals surface area contributed by atoms with Gasteiger partial charge in [0.2, 0.25) is 0 Å². The largest absolute Gasteiger partial charge is 0.382 e. The Morgan fingerprint density at radius 3 is 2.79 bits per heavy atom. The molecule has 0 saturated carbocycles. The van der Waals surface area contributed by atoms with Crippen LogP contribution in [0.15, 0.2) is 22.7 Å². The third kappa shape index (κ3) is 6.75. The Hall–Kier alpha value is -0.0900. The Kier molecular flexibility index (Phi) is 8.71. The van der Waals surface area contributed by atoms with Gasteiger partial charge in [-0.2, -0.15) is 0 Å². The Bertz CT molecular complexity index is 373. The van der Waals surface area contributed by atoms with Crippen LogP contribution in [0.4, 0.5) is 0 Å². The molecule has 108 valence electrons. The molecule has 0 fully saturated rings. The van der Waals surface area contributed by atoms with Gasteiger partial charge in [0.05, 0.1) is 0 Å². The third-order valence-corrected chi connectivity index (χ3v) is 3.82. The average molecular weight is 349 g/mol. The smallest absolute Gasteiger partial charge is 0.0480 e. The Morgan fingerprint density at radius 2 is 2.16 bits per heavy atom. The predicted octanol–water partition coefficient (Wildman–Crippen LogP) is 4.44. The molecule has 4 heteroatoms. The van der Waals surface area contributed by atoms with Crippen molar-refractivity contribution in [3.63, 3.8) is 0 Å². The molecule has 1 N–H and O–H groups in total. The van der Waals surface area contributed by atoms with E-state index in [1.807, 2.05) is 19.1 Å². The molecule has 0 bridgehead atoms. The van der Waals surface area contributed by atoms with E-state index in [4.69, 9.17) is 16.3 Å². The van der Waals surface area contributed by atoms with Gasteiger partial charge in [0, 0.05) is 28.8 Å². The van der Waals surface area contributed by atoms with Gasteiger partial charge in [-0.15, -0.1) is 0 Å². The highest BCUT2D eigenvalue weighted by Gasteiger charge is 2.11. The van der Waals surface area contributed by atoms with Gasteiger partial charge in [0.15, 0.2) is 0 Å². The second kappa shape index (κ2) is 9.76. The van der Waals surface area contributed by atoms with Gasteiger partial charge in [-0.1, -0.05) is 40.5 Å². The summed E-state index contributed by atoms with van der Waals surface area (Å²) >= 11 is 9.72. The molecule has 1 atom stereocenters. The molecule has 1 aromatic carbocycles. The minimum Gasteiger partial charge on any atom is -0.382 e. The van der Waals surface area contributed by atoms with Crippen LogP contribution in [0.3, 0.4) is 0 Å². The fraction of sp³-hybridized carbons (Fsp3) is 0.600. The van der Waals surface area contributed by atoms with E-state index < -0.39 is 0 Å². The summed E-state index contributed by atoms with van der Waals surface area (Å²) in [5.74, 6) is 0. The second-order valence-corrected chi connectivity index (χ2v) is 5.90. The number of ether oxygens (including phenoxy) is 1. The summed E-state index contributed by atoms with van der Waals surface area (Å²) in [4.78, 5) is 0. The van der Waals surface area contributed by atoms with Crippen LogP contribution in [0.5, 0.6) is 0 Å². The lowest BCUT2D eigenvalue weighted by atomic mass is 10.0. The van der Waals surface area contributed by atoms with E-state index in [1.165, 1.54) is 5.56 Å². The van der Waals surface area contributed by atoms with Gasteiger partial charge < -0.3 is 10.1 Å². The van der Waals surface area contributed by atoms with Crippen LogP contribution in [-0.4, -0.2) is 25.8 Å². The van der Waals surface area contributed by atoms with Crippen LogP contribution in [0.2, 0.25) is 5.02 Å². The summed E-state index contributed by atoms with van der Waals surface area (Å²) in [5.41, 5.74) is 1.19. The first-order chi connectivity index (χ1) is 9.17. The second-order valence-electron chi connectivity index (χ2n) is 4.58. The number of rotatable bonds is 9. The van der Waals surface area contributed by atoms with E-state index in [1.54, 1.807) is 0 Å².